The Morgan fingerprint density at radius 1 is 0.609 bits per heavy atom. The van der Waals surface area contributed by atoms with Crippen LogP contribution in [0.5, 0.6) is 0 Å². The second kappa shape index (κ2) is 10.1. The second-order valence-corrected chi connectivity index (χ2v) is 11.4. The smallest absolute Gasteiger partial charge is 0.456 e. The fourth-order valence-corrected chi connectivity index (χ4v) is 6.88. The van der Waals surface area contributed by atoms with E-state index in [-0.39, 0.29) is 20.4 Å². The number of rotatable bonds is 3. The van der Waals surface area contributed by atoms with E-state index >= 15 is 4.39 Å². The molecule has 0 aliphatic rings. The Labute approximate surface area is 275 Å². The van der Waals surface area contributed by atoms with Crippen molar-refractivity contribution in [1.82, 2.24) is 18.9 Å². The Kier molecular flexibility index (Phi) is 5.92. The van der Waals surface area contributed by atoms with E-state index < -0.39 is 6.17 Å². The number of fused-ring (bicyclic) bond motifs is 12. The molecule has 0 fully saturated rings. The molecule has 0 saturated heterocycles. The van der Waals surface area contributed by atoms with Crippen molar-refractivity contribution in [3.63, 3.8) is 0 Å². The molecule has 5 aromatic heterocycles. The van der Waals surface area contributed by atoms with Gasteiger partial charge in [0.25, 0.3) is 0 Å². The fourth-order valence-electron chi connectivity index (χ4n) is 6.88. The van der Waals surface area contributed by atoms with E-state index in [9.17, 15) is 0 Å². The summed E-state index contributed by atoms with van der Waals surface area (Å²) in [6.07, 6.45) is 4.04. The van der Waals surface area contributed by atoms with Crippen LogP contribution in [-0.4, -0.2) is 18.9 Å². The van der Waals surface area contributed by atoms with Gasteiger partial charge < -0.3 is 13.4 Å². The molecule has 0 bridgehead atoms. The number of para-hydroxylation sites is 2. The Balaban J connectivity index is 0.00000292. The van der Waals surface area contributed by atoms with Crippen LogP contribution in [0.25, 0.3) is 76.9 Å². The van der Waals surface area contributed by atoms with Crippen molar-refractivity contribution in [2.24, 2.45) is 0 Å². The van der Waals surface area contributed by atoms with Gasteiger partial charge in [0.15, 0.2) is 0 Å². The van der Waals surface area contributed by atoms with E-state index in [1.807, 2.05) is 71.3 Å². The quantitative estimate of drug-likeness (QED) is 0.106. The maximum Gasteiger partial charge on any atom is 2.00 e. The standard InChI is InChI=1S/C39H21FN4O.Pd/c40-37(24-14-15-26-27-9-1-3-12-33(27)43-18-17-42-38(43)32(26)20-24)23-7-5-8-25(19-23)44-34-21-31-28-10-2-4-13-35(28)45-36(31)22-30(34)29-11-6-16-41-39(29)44;/h1-18,21-22,37H;/q-2;+2. The first kappa shape index (κ1) is 27.0. The van der Waals surface area contributed by atoms with Crippen LogP contribution >= 0.6 is 0 Å². The summed E-state index contributed by atoms with van der Waals surface area (Å²) in [7, 11) is 0. The van der Waals surface area contributed by atoms with Gasteiger partial charge in [0.1, 0.15) is 23.0 Å². The van der Waals surface area contributed by atoms with Crippen LogP contribution in [0.2, 0.25) is 0 Å². The Hall–Kier alpha value is -5.35. The summed E-state index contributed by atoms with van der Waals surface area (Å²) < 4.78 is 26.8. The summed E-state index contributed by atoms with van der Waals surface area (Å²) in [5.41, 5.74) is 6.77. The van der Waals surface area contributed by atoms with Gasteiger partial charge in [-0.25, -0.2) is 9.37 Å². The molecule has 220 valence electrons. The first-order chi connectivity index (χ1) is 22.2. The Bertz CT molecular complexity index is 2810. The van der Waals surface area contributed by atoms with Gasteiger partial charge in [0.2, 0.25) is 0 Å². The van der Waals surface area contributed by atoms with E-state index in [0.29, 0.717) is 16.8 Å². The molecule has 5 nitrogen and oxygen atoms in total. The largest absolute Gasteiger partial charge is 2.00 e. The van der Waals surface area contributed by atoms with Crippen molar-refractivity contribution >= 4 is 71.2 Å². The van der Waals surface area contributed by atoms with Gasteiger partial charge in [-0.15, -0.1) is 29.8 Å². The molecule has 5 aromatic carbocycles. The van der Waals surface area contributed by atoms with E-state index in [2.05, 4.69) is 58.1 Å². The van der Waals surface area contributed by atoms with Crippen molar-refractivity contribution in [2.45, 2.75) is 6.17 Å². The first-order valence-corrected chi connectivity index (χ1v) is 14.8. The summed E-state index contributed by atoms with van der Waals surface area (Å²) >= 11 is 0. The third-order valence-corrected chi connectivity index (χ3v) is 8.90. The average Bonchev–Trinajstić information content (AvgIpc) is 3.81. The fraction of sp³-hybridized carbons (Fsp3) is 0.0256. The van der Waals surface area contributed by atoms with Gasteiger partial charge >= 0.3 is 20.4 Å². The molecule has 0 amide bonds. The molecule has 46 heavy (non-hydrogen) atoms. The predicted octanol–water partition coefficient (Wildman–Crippen LogP) is 9.69. The third-order valence-electron chi connectivity index (χ3n) is 8.90. The Morgan fingerprint density at radius 2 is 1.41 bits per heavy atom. The minimum atomic E-state index is -1.44. The monoisotopic (exact) mass is 686 g/mol. The number of furan rings is 1. The second-order valence-electron chi connectivity index (χ2n) is 11.4. The maximum atomic E-state index is 16.5. The number of benzene rings is 5. The van der Waals surface area contributed by atoms with Crippen LogP contribution in [0.15, 0.2) is 126 Å². The minimum absolute atomic E-state index is 0. The van der Waals surface area contributed by atoms with Crippen molar-refractivity contribution in [1.29, 1.82) is 0 Å². The predicted molar refractivity (Wildman–Crippen MR) is 177 cm³/mol. The number of alkyl halides is 1. The number of pyridine rings is 2. The van der Waals surface area contributed by atoms with Gasteiger partial charge in [-0.2, -0.15) is 18.2 Å². The first-order valence-electron chi connectivity index (χ1n) is 14.8. The molecule has 10 rings (SSSR count). The molecule has 7 heteroatoms. The van der Waals surface area contributed by atoms with Crippen LogP contribution < -0.4 is 0 Å². The number of nitrogens with zero attached hydrogens (tertiary/aromatic N) is 4. The molecule has 1 atom stereocenters. The summed E-state index contributed by atoms with van der Waals surface area (Å²) in [5, 5.41) is 6.93. The zero-order valence-electron chi connectivity index (χ0n) is 24.0. The van der Waals surface area contributed by atoms with Gasteiger partial charge in [-0.05, 0) is 41.8 Å². The summed E-state index contributed by atoms with van der Waals surface area (Å²) in [6.45, 7) is 0. The molecular formula is C39H21FN4OPd. The van der Waals surface area contributed by atoms with Crippen molar-refractivity contribution < 1.29 is 29.2 Å². The number of hydrogen-bond acceptors (Lipinski definition) is 3. The van der Waals surface area contributed by atoms with Gasteiger partial charge in [0, 0.05) is 45.7 Å². The van der Waals surface area contributed by atoms with E-state index in [1.54, 1.807) is 18.5 Å². The summed E-state index contributed by atoms with van der Waals surface area (Å²) in [5.74, 6) is 0. The summed E-state index contributed by atoms with van der Waals surface area (Å²) in [4.78, 5) is 9.35. The van der Waals surface area contributed by atoms with Crippen molar-refractivity contribution in [2.75, 3.05) is 0 Å². The van der Waals surface area contributed by atoms with E-state index in [4.69, 9.17) is 9.40 Å². The average molecular weight is 687 g/mol. The van der Waals surface area contributed by atoms with Gasteiger partial charge in [-0.3, -0.25) is 4.98 Å². The number of hydrogen-bond donors (Lipinski definition) is 0. The Morgan fingerprint density at radius 3 is 2.35 bits per heavy atom. The van der Waals surface area contributed by atoms with Gasteiger partial charge in [-0.1, -0.05) is 58.4 Å². The van der Waals surface area contributed by atoms with Crippen LogP contribution in [0.3, 0.4) is 0 Å². The van der Waals surface area contributed by atoms with Crippen LogP contribution in [-0.2, 0) is 20.4 Å². The molecule has 0 aliphatic heterocycles. The third kappa shape index (κ3) is 3.76. The minimum Gasteiger partial charge on any atom is -0.456 e. The number of imidazole rings is 1. The molecule has 0 N–H and O–H groups in total. The number of halogens is 1. The van der Waals surface area contributed by atoms with Crippen LogP contribution in [0, 0.1) is 12.1 Å². The topological polar surface area (TPSA) is 48.3 Å². The normalized spacial score (nSPS) is 12.6. The zero-order chi connectivity index (χ0) is 29.6. The molecule has 0 saturated carbocycles. The number of aromatic nitrogens is 4. The maximum absolute atomic E-state index is 16.5. The van der Waals surface area contributed by atoms with E-state index in [1.165, 1.54) is 0 Å². The SMILES string of the molecule is FC(c1[c-]c(-n2c3cc4c(cc3c3cccnc32)oc2ccccc24)ccc1)c1[c-]c2c(cc1)c1ccccc1n1ccnc21.[Pd+2]. The molecule has 0 aliphatic carbocycles. The van der Waals surface area contributed by atoms with Gasteiger partial charge in [0.05, 0.1) is 11.2 Å². The molecule has 5 heterocycles. The van der Waals surface area contributed by atoms with Crippen molar-refractivity contribution in [3.8, 4) is 5.69 Å². The van der Waals surface area contributed by atoms with Crippen LogP contribution in [0.1, 0.15) is 17.3 Å². The molecule has 1 unspecified atom stereocenters. The summed E-state index contributed by atoms with van der Waals surface area (Å²) in [6, 6.07) is 40.6. The molecular weight excluding hydrogens is 666 g/mol. The molecule has 10 aromatic rings. The molecule has 0 spiro atoms. The van der Waals surface area contributed by atoms with Crippen molar-refractivity contribution in [3.05, 3.63) is 145 Å². The molecule has 0 radical (unpaired) electrons. The zero-order valence-corrected chi connectivity index (χ0v) is 25.6. The van der Waals surface area contributed by atoms with Crippen LogP contribution in [0.4, 0.5) is 4.39 Å². The van der Waals surface area contributed by atoms with E-state index in [0.717, 1.165) is 71.2 Å².